The minimum atomic E-state index is -1.67. The van der Waals surface area contributed by atoms with Gasteiger partial charge in [-0.3, -0.25) is 9.59 Å². The fraction of sp³-hybridized carbons (Fsp3) is 0.429. The number of hydrogen-bond acceptors (Lipinski definition) is 4. The van der Waals surface area contributed by atoms with Gasteiger partial charge in [0.25, 0.3) is 5.91 Å². The smallest absolute Gasteiger partial charge is 0.426 e. The minimum Gasteiger partial charge on any atom is -0.426 e. The van der Waals surface area contributed by atoms with E-state index in [9.17, 15) is 19.6 Å². The summed E-state index contributed by atoms with van der Waals surface area (Å²) >= 11 is 11.7. The van der Waals surface area contributed by atoms with Crippen molar-refractivity contribution in [2.75, 3.05) is 6.54 Å². The lowest BCUT2D eigenvalue weighted by Gasteiger charge is -2.19. The van der Waals surface area contributed by atoms with Crippen LogP contribution in [-0.2, 0) is 4.79 Å². The van der Waals surface area contributed by atoms with E-state index in [2.05, 4.69) is 10.6 Å². The average Bonchev–Trinajstić information content (AvgIpc) is 2.46. The predicted molar refractivity (Wildman–Crippen MR) is 90.4 cm³/mol. The van der Waals surface area contributed by atoms with E-state index in [4.69, 9.17) is 23.2 Å². The number of carbonyl (C=O) groups excluding carboxylic acids is 2. The van der Waals surface area contributed by atoms with Gasteiger partial charge in [-0.05, 0) is 30.5 Å². The summed E-state index contributed by atoms with van der Waals surface area (Å²) in [5, 5.41) is 24.0. The van der Waals surface area contributed by atoms with Crippen LogP contribution in [0.25, 0.3) is 0 Å². The molecular formula is C14H19BCl2N2O4. The molecule has 0 aliphatic carbocycles. The van der Waals surface area contributed by atoms with Crippen LogP contribution in [0.2, 0.25) is 10.0 Å². The van der Waals surface area contributed by atoms with Gasteiger partial charge in [0.1, 0.15) is 0 Å². The monoisotopic (exact) mass is 362 g/mol. The summed E-state index contributed by atoms with van der Waals surface area (Å²) in [4.78, 5) is 23.8. The molecule has 1 aromatic carbocycles. The fourth-order valence-corrected chi connectivity index (χ4v) is 2.32. The van der Waals surface area contributed by atoms with Crippen LogP contribution < -0.4 is 10.6 Å². The van der Waals surface area contributed by atoms with Crippen molar-refractivity contribution in [1.29, 1.82) is 0 Å². The van der Waals surface area contributed by atoms with E-state index in [1.165, 1.54) is 12.1 Å². The maximum atomic E-state index is 12.0. The highest BCUT2D eigenvalue weighted by molar-refractivity contribution is 6.43. The van der Waals surface area contributed by atoms with E-state index in [0.717, 1.165) is 0 Å². The van der Waals surface area contributed by atoms with Crippen molar-refractivity contribution >= 4 is 42.1 Å². The summed E-state index contributed by atoms with van der Waals surface area (Å²) in [7, 11) is -1.67. The maximum absolute atomic E-state index is 12.0. The van der Waals surface area contributed by atoms with Gasteiger partial charge in [-0.1, -0.05) is 37.0 Å². The van der Waals surface area contributed by atoms with Crippen molar-refractivity contribution in [3.05, 3.63) is 33.8 Å². The van der Waals surface area contributed by atoms with E-state index < -0.39 is 24.9 Å². The van der Waals surface area contributed by atoms with Crippen LogP contribution in [-0.4, -0.2) is 41.5 Å². The molecule has 126 valence electrons. The second-order valence-corrected chi connectivity index (χ2v) is 6.37. The number of rotatable bonds is 7. The molecule has 4 N–H and O–H groups in total. The molecule has 6 nitrogen and oxygen atoms in total. The van der Waals surface area contributed by atoms with Crippen LogP contribution in [0.4, 0.5) is 0 Å². The van der Waals surface area contributed by atoms with Crippen molar-refractivity contribution in [2.24, 2.45) is 5.92 Å². The highest BCUT2D eigenvalue weighted by Crippen LogP contribution is 2.20. The first-order valence-corrected chi connectivity index (χ1v) is 7.85. The highest BCUT2D eigenvalue weighted by atomic mass is 35.5. The van der Waals surface area contributed by atoms with Gasteiger partial charge < -0.3 is 20.7 Å². The molecule has 0 fully saturated rings. The molecule has 1 aromatic rings. The number of halogens is 2. The Kier molecular flexibility index (Phi) is 7.84. The fourth-order valence-electron chi connectivity index (χ4n) is 1.95. The molecule has 0 aliphatic heterocycles. The molecule has 1 rings (SSSR count). The Morgan fingerprint density at radius 3 is 2.57 bits per heavy atom. The van der Waals surface area contributed by atoms with E-state index >= 15 is 0 Å². The second-order valence-electron chi connectivity index (χ2n) is 5.52. The molecule has 9 heteroatoms. The van der Waals surface area contributed by atoms with E-state index in [-0.39, 0.29) is 23.0 Å². The number of nitrogens with one attached hydrogen (secondary N) is 2. The SMILES string of the molecule is CC(C)C[C@H](NC(=O)CN[14C](=O)c1cc(Cl)ccc1Cl)B(O)O. The topological polar surface area (TPSA) is 98.7 Å². The molecule has 0 saturated carbocycles. The molecule has 0 unspecified atom stereocenters. The molecule has 0 aromatic heterocycles. The van der Waals surface area contributed by atoms with Gasteiger partial charge in [0, 0.05) is 5.02 Å². The number of carbonyl (C=O) groups is 2. The molecule has 0 saturated heterocycles. The molecule has 1 atom stereocenters. The first-order valence-electron chi connectivity index (χ1n) is 7.09. The Hall–Kier alpha value is -1.28. The first-order chi connectivity index (χ1) is 10.7. The summed E-state index contributed by atoms with van der Waals surface area (Å²) < 4.78 is 0. The van der Waals surface area contributed by atoms with Gasteiger partial charge >= 0.3 is 7.12 Å². The highest BCUT2D eigenvalue weighted by Gasteiger charge is 2.26. The van der Waals surface area contributed by atoms with Gasteiger partial charge in [-0.25, -0.2) is 0 Å². The molecule has 0 spiro atoms. The third-order valence-corrected chi connectivity index (χ3v) is 3.58. The van der Waals surface area contributed by atoms with Gasteiger partial charge in [-0.15, -0.1) is 0 Å². The lowest BCUT2D eigenvalue weighted by molar-refractivity contribution is -0.120. The maximum Gasteiger partial charge on any atom is 0.475 e. The zero-order valence-electron chi connectivity index (χ0n) is 12.8. The average molecular weight is 363 g/mol. The van der Waals surface area contributed by atoms with Crippen LogP contribution in [0.3, 0.4) is 0 Å². The molecule has 0 radical (unpaired) electrons. The number of benzene rings is 1. The summed E-state index contributed by atoms with van der Waals surface area (Å²) in [5.74, 6) is -1.70. The van der Waals surface area contributed by atoms with E-state index in [1.807, 2.05) is 13.8 Å². The number of hydrogen-bond donors (Lipinski definition) is 4. The first kappa shape index (κ1) is 19.8. The quantitative estimate of drug-likeness (QED) is 0.549. The zero-order valence-corrected chi connectivity index (χ0v) is 14.4. The molecule has 0 bridgehead atoms. The molecule has 0 heterocycles. The largest absolute Gasteiger partial charge is 0.475 e. The van der Waals surface area contributed by atoms with Crippen LogP contribution in [0.5, 0.6) is 0 Å². The van der Waals surface area contributed by atoms with Gasteiger partial charge in [-0.2, -0.15) is 0 Å². The van der Waals surface area contributed by atoms with Crippen LogP contribution in [0.15, 0.2) is 18.2 Å². The minimum absolute atomic E-state index is 0.160. The second kappa shape index (κ2) is 9.13. The Bertz CT molecular complexity index is 570. The van der Waals surface area contributed by atoms with Crippen LogP contribution in [0, 0.1) is 5.92 Å². The Balaban J connectivity index is 2.58. The van der Waals surface area contributed by atoms with Crippen molar-refractivity contribution in [3.8, 4) is 0 Å². The Labute approximate surface area is 145 Å². The molecule has 2 amide bonds. The molecular weight excluding hydrogens is 344 g/mol. The third-order valence-electron chi connectivity index (χ3n) is 3.01. The van der Waals surface area contributed by atoms with E-state index in [1.54, 1.807) is 6.07 Å². The van der Waals surface area contributed by atoms with Crippen molar-refractivity contribution in [2.45, 2.75) is 26.2 Å². The van der Waals surface area contributed by atoms with Crippen molar-refractivity contribution in [3.63, 3.8) is 0 Å². The van der Waals surface area contributed by atoms with Crippen LogP contribution >= 0.6 is 23.2 Å². The zero-order chi connectivity index (χ0) is 17.6. The summed E-state index contributed by atoms with van der Waals surface area (Å²) in [6.07, 6.45) is 0.400. The normalized spacial score (nSPS) is 12.0. The van der Waals surface area contributed by atoms with E-state index in [0.29, 0.717) is 11.4 Å². The number of amides is 2. The predicted octanol–water partition coefficient (Wildman–Crippen LogP) is 1.27. The Morgan fingerprint density at radius 2 is 2.00 bits per heavy atom. The van der Waals surface area contributed by atoms with Gasteiger partial charge in [0.05, 0.1) is 23.1 Å². The molecule has 23 heavy (non-hydrogen) atoms. The lowest BCUT2D eigenvalue weighted by Crippen LogP contribution is -2.50. The standard InChI is InChI=1S/C14H19BCl2N2O4/c1-8(2)5-12(15(22)23)19-13(20)7-18-14(21)10-6-9(16)3-4-11(10)17/h3-4,6,8,12,22-23H,5,7H2,1-2H3,(H,18,21)(H,19,20)/t12-/m0/s1/i14+2. The lowest BCUT2D eigenvalue weighted by atomic mass is 9.75. The van der Waals surface area contributed by atoms with Gasteiger partial charge in [0.15, 0.2) is 0 Å². The molecule has 0 aliphatic rings. The summed E-state index contributed by atoms with van der Waals surface area (Å²) in [6, 6.07) is 4.43. The summed E-state index contributed by atoms with van der Waals surface area (Å²) in [6.45, 7) is 3.47. The van der Waals surface area contributed by atoms with Crippen molar-refractivity contribution < 1.29 is 19.6 Å². The summed E-state index contributed by atoms with van der Waals surface area (Å²) in [5.41, 5.74) is 0.160. The van der Waals surface area contributed by atoms with Crippen molar-refractivity contribution in [1.82, 2.24) is 10.6 Å². The van der Waals surface area contributed by atoms with Crippen LogP contribution in [0.1, 0.15) is 30.6 Å². The Morgan fingerprint density at radius 1 is 1.35 bits per heavy atom. The third kappa shape index (κ3) is 6.79. The van der Waals surface area contributed by atoms with Gasteiger partial charge in [0.2, 0.25) is 5.91 Å².